The Morgan fingerprint density at radius 2 is 2.19 bits per heavy atom. The minimum Gasteiger partial charge on any atom is -0.353 e. The number of benzene rings is 1. The lowest BCUT2D eigenvalue weighted by molar-refractivity contribution is -0.121. The van der Waals surface area contributed by atoms with E-state index < -0.39 is 0 Å². The first-order valence-corrected chi connectivity index (χ1v) is 7.55. The van der Waals surface area contributed by atoms with Crippen LogP contribution in [0.25, 0.3) is 0 Å². The Labute approximate surface area is 125 Å². The van der Waals surface area contributed by atoms with Gasteiger partial charge in [0.2, 0.25) is 5.91 Å². The molecule has 0 radical (unpaired) electrons. The number of hydrogen-bond acceptors (Lipinski definition) is 2. The molecule has 0 spiro atoms. The fourth-order valence-corrected chi connectivity index (χ4v) is 2.79. The molecule has 2 aromatic rings. The Balaban J connectivity index is 1.47. The maximum atomic E-state index is 12.1. The Morgan fingerprint density at radius 1 is 1.38 bits per heavy atom. The summed E-state index contributed by atoms with van der Waals surface area (Å²) in [6.07, 6.45) is 7.01. The summed E-state index contributed by atoms with van der Waals surface area (Å²) in [5, 5.41) is 3.14. The number of fused-ring (bicyclic) bond motifs is 1. The molecule has 1 unspecified atom stereocenters. The van der Waals surface area contributed by atoms with Crippen molar-refractivity contribution < 1.29 is 4.79 Å². The molecule has 1 aliphatic heterocycles. The van der Waals surface area contributed by atoms with Gasteiger partial charge in [-0.15, -0.1) is 0 Å². The van der Waals surface area contributed by atoms with Crippen molar-refractivity contribution in [2.24, 2.45) is 0 Å². The summed E-state index contributed by atoms with van der Waals surface area (Å²) in [4.78, 5) is 16.4. The first kappa shape index (κ1) is 13.9. The van der Waals surface area contributed by atoms with Crippen LogP contribution in [-0.4, -0.2) is 21.5 Å². The normalized spacial score (nSPS) is 17.3. The van der Waals surface area contributed by atoms with Gasteiger partial charge in [-0.1, -0.05) is 29.8 Å². The summed E-state index contributed by atoms with van der Waals surface area (Å²) in [6, 6.07) is 8.60. The van der Waals surface area contributed by atoms with E-state index in [9.17, 15) is 4.79 Å². The van der Waals surface area contributed by atoms with Crippen LogP contribution in [0.4, 0.5) is 0 Å². The highest BCUT2D eigenvalue weighted by Gasteiger charge is 2.20. The topological polar surface area (TPSA) is 46.9 Å². The molecule has 1 N–H and O–H groups in total. The van der Waals surface area contributed by atoms with E-state index in [0.29, 0.717) is 6.42 Å². The van der Waals surface area contributed by atoms with Crippen LogP contribution in [0.2, 0.25) is 0 Å². The molecule has 1 atom stereocenters. The lowest BCUT2D eigenvalue weighted by Gasteiger charge is -2.24. The Bertz CT molecular complexity index is 615. The third-order valence-electron chi connectivity index (χ3n) is 4.08. The summed E-state index contributed by atoms with van der Waals surface area (Å²) in [7, 11) is 0. The van der Waals surface area contributed by atoms with Crippen molar-refractivity contribution in [3.05, 3.63) is 53.6 Å². The van der Waals surface area contributed by atoms with Crippen molar-refractivity contribution in [3.63, 3.8) is 0 Å². The second-order valence-electron chi connectivity index (χ2n) is 5.78. The smallest absolute Gasteiger partial charge is 0.220 e. The second-order valence-corrected chi connectivity index (χ2v) is 5.78. The van der Waals surface area contributed by atoms with Crippen molar-refractivity contribution in [3.8, 4) is 0 Å². The number of rotatable bonds is 4. The van der Waals surface area contributed by atoms with Gasteiger partial charge in [0.05, 0.1) is 0 Å². The number of nitrogens with one attached hydrogen (secondary N) is 1. The molecule has 1 amide bonds. The van der Waals surface area contributed by atoms with Crippen molar-refractivity contribution >= 4 is 5.91 Å². The SMILES string of the molecule is Cc1ccc(CCC(=O)NC2CCn3ccnc3C2)cc1. The summed E-state index contributed by atoms with van der Waals surface area (Å²) in [6.45, 7) is 3.02. The number of carbonyl (C=O) groups is 1. The fraction of sp³-hybridized carbons (Fsp3) is 0.412. The molecular formula is C17H21N3O. The van der Waals surface area contributed by atoms with E-state index in [1.807, 2.05) is 12.4 Å². The number of carbonyl (C=O) groups excluding carboxylic acids is 1. The zero-order valence-electron chi connectivity index (χ0n) is 12.4. The zero-order chi connectivity index (χ0) is 14.7. The Kier molecular flexibility index (Phi) is 4.04. The number of nitrogens with zero attached hydrogens (tertiary/aromatic N) is 2. The van der Waals surface area contributed by atoms with Gasteiger partial charge in [-0.25, -0.2) is 4.98 Å². The van der Waals surface area contributed by atoms with Gasteiger partial charge in [-0.05, 0) is 25.3 Å². The summed E-state index contributed by atoms with van der Waals surface area (Å²) in [5.74, 6) is 1.21. The summed E-state index contributed by atoms with van der Waals surface area (Å²) >= 11 is 0. The molecule has 1 aromatic heterocycles. The van der Waals surface area contributed by atoms with Gasteiger partial charge in [-0.3, -0.25) is 4.79 Å². The van der Waals surface area contributed by atoms with Crippen molar-refractivity contribution in [2.45, 2.75) is 45.2 Å². The monoisotopic (exact) mass is 283 g/mol. The molecule has 0 bridgehead atoms. The standard InChI is InChI=1S/C17H21N3O/c1-13-2-4-14(5-3-13)6-7-17(21)19-15-8-10-20-11-9-18-16(20)12-15/h2-5,9,11,15H,6-8,10,12H2,1H3,(H,19,21). The van der Waals surface area contributed by atoms with Gasteiger partial charge in [0.25, 0.3) is 0 Å². The molecule has 1 aliphatic rings. The average molecular weight is 283 g/mol. The molecule has 0 aliphatic carbocycles. The van der Waals surface area contributed by atoms with Crippen molar-refractivity contribution in [2.75, 3.05) is 0 Å². The van der Waals surface area contributed by atoms with E-state index in [2.05, 4.69) is 46.1 Å². The number of aromatic nitrogens is 2. The van der Waals surface area contributed by atoms with E-state index >= 15 is 0 Å². The van der Waals surface area contributed by atoms with Gasteiger partial charge < -0.3 is 9.88 Å². The Morgan fingerprint density at radius 3 is 3.00 bits per heavy atom. The van der Waals surface area contributed by atoms with E-state index in [4.69, 9.17) is 0 Å². The molecule has 0 saturated carbocycles. The van der Waals surface area contributed by atoms with Crippen LogP contribution in [0, 0.1) is 6.92 Å². The first-order chi connectivity index (χ1) is 10.2. The van der Waals surface area contributed by atoms with E-state index in [1.165, 1.54) is 11.1 Å². The predicted octanol–water partition coefficient (Wildman–Crippen LogP) is 2.26. The van der Waals surface area contributed by atoms with Gasteiger partial charge in [0.15, 0.2) is 0 Å². The third-order valence-corrected chi connectivity index (χ3v) is 4.08. The summed E-state index contributed by atoms with van der Waals surface area (Å²) < 4.78 is 2.16. The maximum Gasteiger partial charge on any atom is 0.220 e. The van der Waals surface area contributed by atoms with Crippen LogP contribution < -0.4 is 5.32 Å². The quantitative estimate of drug-likeness (QED) is 0.935. The Hall–Kier alpha value is -2.10. The molecular weight excluding hydrogens is 262 g/mol. The third kappa shape index (κ3) is 3.51. The highest BCUT2D eigenvalue weighted by Crippen LogP contribution is 2.13. The fourth-order valence-electron chi connectivity index (χ4n) is 2.79. The van der Waals surface area contributed by atoms with Crippen molar-refractivity contribution in [1.29, 1.82) is 0 Å². The van der Waals surface area contributed by atoms with Gasteiger partial charge in [0.1, 0.15) is 5.82 Å². The molecule has 1 aromatic carbocycles. The molecule has 4 nitrogen and oxygen atoms in total. The number of hydrogen-bond donors (Lipinski definition) is 1. The van der Waals surface area contributed by atoms with Crippen LogP contribution >= 0.6 is 0 Å². The van der Waals surface area contributed by atoms with Crippen LogP contribution in [0.5, 0.6) is 0 Å². The maximum absolute atomic E-state index is 12.1. The molecule has 3 rings (SSSR count). The minimum absolute atomic E-state index is 0.139. The van der Waals surface area contributed by atoms with Crippen molar-refractivity contribution in [1.82, 2.24) is 14.9 Å². The summed E-state index contributed by atoms with van der Waals surface area (Å²) in [5.41, 5.74) is 2.47. The molecule has 21 heavy (non-hydrogen) atoms. The zero-order valence-corrected chi connectivity index (χ0v) is 12.4. The van der Waals surface area contributed by atoms with Gasteiger partial charge >= 0.3 is 0 Å². The minimum atomic E-state index is 0.139. The molecule has 110 valence electrons. The van der Waals surface area contributed by atoms with Gasteiger partial charge in [0, 0.05) is 37.8 Å². The molecule has 2 heterocycles. The molecule has 4 heteroatoms. The van der Waals surface area contributed by atoms with Crippen LogP contribution in [-0.2, 0) is 24.2 Å². The number of imidazole rings is 1. The van der Waals surface area contributed by atoms with Crippen LogP contribution in [0.15, 0.2) is 36.7 Å². The van der Waals surface area contributed by atoms with E-state index in [0.717, 1.165) is 31.6 Å². The first-order valence-electron chi connectivity index (χ1n) is 7.55. The number of aryl methyl sites for hydroxylation is 3. The average Bonchev–Trinajstić information content (AvgIpc) is 2.94. The highest BCUT2D eigenvalue weighted by molar-refractivity contribution is 5.76. The second kappa shape index (κ2) is 6.12. The molecule has 0 fully saturated rings. The lowest BCUT2D eigenvalue weighted by Crippen LogP contribution is -2.40. The predicted molar refractivity (Wildman–Crippen MR) is 82.0 cm³/mol. The van der Waals surface area contributed by atoms with Crippen LogP contribution in [0.3, 0.4) is 0 Å². The largest absolute Gasteiger partial charge is 0.353 e. The van der Waals surface area contributed by atoms with Gasteiger partial charge in [-0.2, -0.15) is 0 Å². The molecule has 0 saturated heterocycles. The van der Waals surface area contributed by atoms with E-state index in [-0.39, 0.29) is 11.9 Å². The van der Waals surface area contributed by atoms with Crippen LogP contribution in [0.1, 0.15) is 29.8 Å². The highest BCUT2D eigenvalue weighted by atomic mass is 16.1. The number of amides is 1. The van der Waals surface area contributed by atoms with E-state index in [1.54, 1.807) is 0 Å². The lowest BCUT2D eigenvalue weighted by atomic mass is 10.0.